The van der Waals surface area contributed by atoms with Crippen molar-refractivity contribution >= 4 is 29.9 Å². The van der Waals surface area contributed by atoms with Gasteiger partial charge in [0.1, 0.15) is 0 Å². The molecule has 0 bridgehead atoms. The first-order valence-corrected chi connectivity index (χ1v) is 8.99. The summed E-state index contributed by atoms with van der Waals surface area (Å²) in [6.45, 7) is 14.8. The molecule has 0 aliphatic heterocycles. The zero-order valence-electron chi connectivity index (χ0n) is 16.3. The van der Waals surface area contributed by atoms with Gasteiger partial charge < -0.3 is 25.0 Å². The third kappa shape index (κ3) is 16.7. The van der Waals surface area contributed by atoms with E-state index in [2.05, 4.69) is 55.3 Å². The summed E-state index contributed by atoms with van der Waals surface area (Å²) in [5.74, 6) is 0.854. The largest absolute Gasteiger partial charge is 0.379 e. The third-order valence-corrected chi connectivity index (χ3v) is 3.50. The maximum Gasteiger partial charge on any atom is 0.191 e. The number of unbranched alkanes of at least 4 members (excludes halogenated alkanes) is 1. The highest BCUT2D eigenvalue weighted by molar-refractivity contribution is 14.0. The van der Waals surface area contributed by atoms with Crippen LogP contribution in [0.2, 0.25) is 0 Å². The summed E-state index contributed by atoms with van der Waals surface area (Å²) < 4.78 is 11.0. The fraction of sp³-hybridized carbons (Fsp3) is 0.941. The van der Waals surface area contributed by atoms with E-state index in [-0.39, 0.29) is 24.0 Å². The molecule has 0 aromatic heterocycles. The Balaban J connectivity index is 0. The molecule has 0 radical (unpaired) electrons. The monoisotopic (exact) mass is 458 g/mol. The Morgan fingerprint density at radius 1 is 1.04 bits per heavy atom. The van der Waals surface area contributed by atoms with Crippen LogP contribution in [0.15, 0.2) is 4.99 Å². The molecule has 0 amide bonds. The lowest BCUT2D eigenvalue weighted by atomic mass is 10.3. The minimum atomic E-state index is 0. The fourth-order valence-corrected chi connectivity index (χ4v) is 1.73. The lowest BCUT2D eigenvalue weighted by molar-refractivity contribution is 0.0487. The Morgan fingerprint density at radius 3 is 2.29 bits per heavy atom. The standard InChI is InChI=1S/C17H38N4O2.HI/c1-6-8-12-22-14-15-23-13-10-20-17(18-7-2)19-9-11-21(5)16(3)4;/h16H,6-15H2,1-5H3,(H2,18,19,20);1H. The van der Waals surface area contributed by atoms with Crippen LogP contribution in [0.5, 0.6) is 0 Å². The van der Waals surface area contributed by atoms with Crippen molar-refractivity contribution in [2.45, 2.75) is 46.6 Å². The number of nitrogens with zero attached hydrogens (tertiary/aromatic N) is 2. The zero-order chi connectivity index (χ0) is 17.3. The molecule has 0 fully saturated rings. The lowest BCUT2D eigenvalue weighted by Gasteiger charge is -2.20. The number of hydrogen-bond acceptors (Lipinski definition) is 4. The topological polar surface area (TPSA) is 58.1 Å². The van der Waals surface area contributed by atoms with E-state index in [1.54, 1.807) is 0 Å². The van der Waals surface area contributed by atoms with Gasteiger partial charge in [-0.3, -0.25) is 4.99 Å². The van der Waals surface area contributed by atoms with Crippen LogP contribution in [-0.2, 0) is 9.47 Å². The van der Waals surface area contributed by atoms with Gasteiger partial charge in [-0.25, -0.2) is 0 Å². The van der Waals surface area contributed by atoms with E-state index in [4.69, 9.17) is 9.47 Å². The minimum absolute atomic E-state index is 0. The minimum Gasteiger partial charge on any atom is -0.379 e. The van der Waals surface area contributed by atoms with Crippen LogP contribution in [0.1, 0.15) is 40.5 Å². The lowest BCUT2D eigenvalue weighted by Crippen LogP contribution is -2.39. The molecule has 7 heteroatoms. The number of hydrogen-bond donors (Lipinski definition) is 2. The van der Waals surface area contributed by atoms with Gasteiger partial charge in [0.25, 0.3) is 0 Å². The Hall–Kier alpha value is -0.120. The van der Waals surface area contributed by atoms with E-state index in [0.29, 0.717) is 25.9 Å². The van der Waals surface area contributed by atoms with E-state index < -0.39 is 0 Å². The summed E-state index contributed by atoms with van der Waals surface area (Å²) in [6.07, 6.45) is 2.29. The van der Waals surface area contributed by atoms with E-state index in [1.165, 1.54) is 6.42 Å². The first kappa shape index (κ1) is 26.1. The van der Waals surface area contributed by atoms with Gasteiger partial charge >= 0.3 is 0 Å². The fourth-order valence-electron chi connectivity index (χ4n) is 1.73. The molecule has 0 saturated carbocycles. The van der Waals surface area contributed by atoms with Gasteiger partial charge in [0.05, 0.1) is 26.4 Å². The van der Waals surface area contributed by atoms with Crippen molar-refractivity contribution in [1.29, 1.82) is 0 Å². The van der Waals surface area contributed by atoms with Crippen LogP contribution in [-0.4, -0.2) is 76.6 Å². The molecule has 0 saturated heterocycles. The van der Waals surface area contributed by atoms with Gasteiger partial charge in [-0.05, 0) is 34.2 Å². The van der Waals surface area contributed by atoms with Gasteiger partial charge in [-0.2, -0.15) is 0 Å². The summed E-state index contributed by atoms with van der Waals surface area (Å²) >= 11 is 0. The van der Waals surface area contributed by atoms with Gasteiger partial charge in [0.2, 0.25) is 0 Å². The maximum atomic E-state index is 5.54. The predicted molar refractivity (Wildman–Crippen MR) is 114 cm³/mol. The van der Waals surface area contributed by atoms with E-state index >= 15 is 0 Å². The quantitative estimate of drug-likeness (QED) is 0.181. The van der Waals surface area contributed by atoms with Crippen molar-refractivity contribution in [3.05, 3.63) is 0 Å². The molecule has 0 heterocycles. The Labute approximate surface area is 166 Å². The van der Waals surface area contributed by atoms with Crippen LogP contribution in [0, 0.1) is 0 Å². The second kappa shape index (κ2) is 19.2. The van der Waals surface area contributed by atoms with Crippen molar-refractivity contribution in [2.75, 3.05) is 59.7 Å². The molecule has 0 aromatic rings. The molecule has 2 N–H and O–H groups in total. The van der Waals surface area contributed by atoms with Crippen LogP contribution in [0.3, 0.4) is 0 Å². The molecule has 0 aromatic carbocycles. The molecular formula is C17H39IN4O2. The molecule has 0 unspecified atom stereocenters. The Bertz CT molecular complexity index is 292. The van der Waals surface area contributed by atoms with E-state index in [1.807, 2.05) is 0 Å². The Morgan fingerprint density at radius 2 is 1.71 bits per heavy atom. The average molecular weight is 458 g/mol. The number of halogens is 1. The van der Waals surface area contributed by atoms with Gasteiger partial charge in [0, 0.05) is 32.3 Å². The van der Waals surface area contributed by atoms with E-state index in [0.717, 1.165) is 45.2 Å². The highest BCUT2D eigenvalue weighted by atomic mass is 127. The highest BCUT2D eigenvalue weighted by Crippen LogP contribution is 1.92. The van der Waals surface area contributed by atoms with Gasteiger partial charge in [-0.15, -0.1) is 24.0 Å². The smallest absolute Gasteiger partial charge is 0.191 e. The molecule has 0 aliphatic rings. The maximum absolute atomic E-state index is 5.54. The first-order chi connectivity index (χ1) is 11.1. The third-order valence-electron chi connectivity index (χ3n) is 3.50. The normalized spacial score (nSPS) is 11.7. The number of rotatable bonds is 14. The SMILES string of the molecule is CCCCOCCOCCNC(=NCCN(C)C(C)C)NCC.I. The second-order valence-electron chi connectivity index (χ2n) is 5.84. The molecular weight excluding hydrogens is 419 g/mol. The molecule has 6 nitrogen and oxygen atoms in total. The van der Waals surface area contributed by atoms with Crippen molar-refractivity contribution in [2.24, 2.45) is 4.99 Å². The zero-order valence-corrected chi connectivity index (χ0v) is 18.6. The summed E-state index contributed by atoms with van der Waals surface area (Å²) in [7, 11) is 2.12. The summed E-state index contributed by atoms with van der Waals surface area (Å²) in [6, 6.07) is 0.550. The van der Waals surface area contributed by atoms with Crippen LogP contribution >= 0.6 is 24.0 Å². The second-order valence-corrected chi connectivity index (χ2v) is 5.84. The number of aliphatic imine (C=N–C) groups is 1. The summed E-state index contributed by atoms with van der Waals surface area (Å²) in [5, 5.41) is 6.54. The number of ether oxygens (including phenoxy) is 2. The molecule has 0 atom stereocenters. The van der Waals surface area contributed by atoms with E-state index in [9.17, 15) is 0 Å². The number of nitrogens with one attached hydrogen (secondary N) is 2. The van der Waals surface area contributed by atoms with Crippen molar-refractivity contribution in [1.82, 2.24) is 15.5 Å². The number of guanidine groups is 1. The van der Waals surface area contributed by atoms with Crippen LogP contribution < -0.4 is 10.6 Å². The first-order valence-electron chi connectivity index (χ1n) is 8.99. The number of likely N-dealkylation sites (N-methyl/N-ethyl adjacent to an activating group) is 1. The molecule has 0 aliphatic carbocycles. The summed E-state index contributed by atoms with van der Waals surface area (Å²) in [5.41, 5.74) is 0. The Kier molecular flexibility index (Phi) is 20.9. The summed E-state index contributed by atoms with van der Waals surface area (Å²) in [4.78, 5) is 6.86. The average Bonchev–Trinajstić information content (AvgIpc) is 2.52. The van der Waals surface area contributed by atoms with Gasteiger partial charge in [0.15, 0.2) is 5.96 Å². The van der Waals surface area contributed by atoms with Crippen LogP contribution in [0.25, 0.3) is 0 Å². The molecule has 146 valence electrons. The molecule has 0 spiro atoms. The van der Waals surface area contributed by atoms with Crippen LogP contribution in [0.4, 0.5) is 0 Å². The molecule has 0 rings (SSSR count). The highest BCUT2D eigenvalue weighted by Gasteiger charge is 2.02. The van der Waals surface area contributed by atoms with Crippen molar-refractivity contribution in [3.8, 4) is 0 Å². The molecule has 24 heavy (non-hydrogen) atoms. The van der Waals surface area contributed by atoms with Gasteiger partial charge in [-0.1, -0.05) is 13.3 Å². The van der Waals surface area contributed by atoms with Crippen molar-refractivity contribution in [3.63, 3.8) is 0 Å². The van der Waals surface area contributed by atoms with Crippen molar-refractivity contribution < 1.29 is 9.47 Å². The predicted octanol–water partition coefficient (Wildman–Crippen LogP) is 2.33.